The number of fused-ring (bicyclic) bond motifs is 1. The number of morpholine rings is 1. The molecular weight excluding hydrogens is 671 g/mol. The molecule has 0 unspecified atom stereocenters. The van der Waals surface area contributed by atoms with E-state index in [1.165, 1.54) is 17.7 Å². The average molecular weight is 717 g/mol. The monoisotopic (exact) mass is 716 g/mol. The highest BCUT2D eigenvalue weighted by molar-refractivity contribution is 6.13. The Bertz CT molecular complexity index is 2140. The van der Waals surface area contributed by atoms with Crippen LogP contribution in [0.25, 0.3) is 11.1 Å². The van der Waals surface area contributed by atoms with E-state index in [0.717, 1.165) is 29.8 Å². The number of aryl methyl sites for hydroxylation is 1. The van der Waals surface area contributed by atoms with Crippen LogP contribution in [0.3, 0.4) is 0 Å². The summed E-state index contributed by atoms with van der Waals surface area (Å²) in [6, 6.07) is 24.5. The Morgan fingerprint density at radius 3 is 2.42 bits per heavy atom. The molecule has 1 aromatic heterocycles. The molecule has 3 heterocycles. The van der Waals surface area contributed by atoms with Crippen LogP contribution >= 0.6 is 0 Å². The number of aromatic nitrogens is 1. The first kappa shape index (κ1) is 35.9. The fourth-order valence-electron chi connectivity index (χ4n) is 7.62. The van der Waals surface area contributed by atoms with Crippen LogP contribution in [0, 0.1) is 19.7 Å². The number of hydrogen-bond donors (Lipinski definition) is 1. The molecule has 7 rings (SSSR count). The van der Waals surface area contributed by atoms with E-state index < -0.39 is 5.82 Å². The highest BCUT2D eigenvalue weighted by Gasteiger charge is 2.35. The zero-order valence-corrected chi connectivity index (χ0v) is 30.6. The molecule has 0 aliphatic carbocycles. The van der Waals surface area contributed by atoms with Gasteiger partial charge in [0.1, 0.15) is 17.3 Å². The number of phenols is 1. The standard InChI is InChI=1S/C43H45FN4O5/c1-28-31(10-7-11-40(28)52-4)24-47(34-13-15-36(49)16-14-34)43(51)41-29(2)45(3)27-39(41)38-23-33(44)12-17-37(38)42(50)48-25-32-9-6-5-8-30(32)22-35(48)26-46-18-20-53-21-19-46/h5-17,23,27,35,49H,18-22,24-26H2,1-4H3/t35-/m0/s1. The lowest BCUT2D eigenvalue weighted by Crippen LogP contribution is -2.52. The number of nitrogens with zero attached hydrogens (tertiary/aromatic N) is 4. The van der Waals surface area contributed by atoms with Gasteiger partial charge in [-0.15, -0.1) is 0 Å². The number of carbonyl (C=O) groups excluding carboxylic acids is 2. The molecule has 53 heavy (non-hydrogen) atoms. The number of aromatic hydroxyl groups is 1. The number of anilines is 1. The van der Waals surface area contributed by atoms with Crippen molar-refractivity contribution in [1.82, 2.24) is 14.4 Å². The predicted molar refractivity (Wildman–Crippen MR) is 203 cm³/mol. The van der Waals surface area contributed by atoms with Crippen molar-refractivity contribution in [3.8, 4) is 22.6 Å². The van der Waals surface area contributed by atoms with E-state index in [1.807, 2.05) is 60.7 Å². The average Bonchev–Trinajstić information content (AvgIpc) is 3.47. The van der Waals surface area contributed by atoms with Crippen LogP contribution in [0.5, 0.6) is 11.5 Å². The Labute approximate surface area is 309 Å². The van der Waals surface area contributed by atoms with Crippen LogP contribution in [-0.2, 0) is 31.3 Å². The van der Waals surface area contributed by atoms with Gasteiger partial charge in [0.25, 0.3) is 11.8 Å². The van der Waals surface area contributed by atoms with Gasteiger partial charge in [0.15, 0.2) is 0 Å². The molecule has 0 bridgehead atoms. The van der Waals surface area contributed by atoms with Crippen molar-refractivity contribution >= 4 is 17.5 Å². The molecule has 0 saturated carbocycles. The number of carbonyl (C=O) groups is 2. The predicted octanol–water partition coefficient (Wildman–Crippen LogP) is 6.91. The van der Waals surface area contributed by atoms with Crippen LogP contribution in [0.2, 0.25) is 0 Å². The van der Waals surface area contributed by atoms with Gasteiger partial charge >= 0.3 is 0 Å². The second-order valence-electron chi connectivity index (χ2n) is 13.9. The molecule has 274 valence electrons. The molecule has 0 radical (unpaired) electrons. The van der Waals surface area contributed by atoms with Gasteiger partial charge in [-0.2, -0.15) is 0 Å². The van der Waals surface area contributed by atoms with E-state index in [2.05, 4.69) is 17.0 Å². The fraction of sp³-hybridized carbons (Fsp3) is 0.302. The van der Waals surface area contributed by atoms with E-state index in [1.54, 1.807) is 48.5 Å². The molecule has 1 atom stereocenters. The Balaban J connectivity index is 1.31. The number of phenolic OH excluding ortho intramolecular Hbond substituents is 1. The first-order chi connectivity index (χ1) is 25.6. The van der Waals surface area contributed by atoms with Gasteiger partial charge in [-0.05, 0) is 96.6 Å². The Hall–Kier alpha value is -5.45. The third-order valence-electron chi connectivity index (χ3n) is 10.7. The van der Waals surface area contributed by atoms with Crippen LogP contribution < -0.4 is 9.64 Å². The minimum absolute atomic E-state index is 0.0745. The van der Waals surface area contributed by atoms with Gasteiger partial charge in [0, 0.05) is 68.0 Å². The largest absolute Gasteiger partial charge is 0.508 e. The van der Waals surface area contributed by atoms with Gasteiger partial charge in [0.2, 0.25) is 0 Å². The molecule has 9 nitrogen and oxygen atoms in total. The normalized spacial score (nSPS) is 15.9. The summed E-state index contributed by atoms with van der Waals surface area (Å²) in [6.45, 7) is 8.02. The van der Waals surface area contributed by atoms with Crippen molar-refractivity contribution in [2.45, 2.75) is 39.4 Å². The van der Waals surface area contributed by atoms with Crippen molar-refractivity contribution in [3.63, 3.8) is 0 Å². The van der Waals surface area contributed by atoms with Crippen molar-refractivity contribution in [1.29, 1.82) is 0 Å². The van der Waals surface area contributed by atoms with E-state index >= 15 is 9.18 Å². The van der Waals surface area contributed by atoms with E-state index in [9.17, 15) is 9.90 Å². The number of benzene rings is 4. The summed E-state index contributed by atoms with van der Waals surface area (Å²) >= 11 is 0. The summed E-state index contributed by atoms with van der Waals surface area (Å²) in [7, 11) is 3.45. The summed E-state index contributed by atoms with van der Waals surface area (Å²) in [5.74, 6) is -0.272. The number of methoxy groups -OCH3 is 1. The molecule has 0 spiro atoms. The molecule has 2 aliphatic heterocycles. The zero-order valence-electron chi connectivity index (χ0n) is 30.6. The summed E-state index contributed by atoms with van der Waals surface area (Å²) in [4.78, 5) is 35.8. The number of rotatable bonds is 9. The van der Waals surface area contributed by atoms with Crippen molar-refractivity contribution in [3.05, 3.63) is 136 Å². The summed E-state index contributed by atoms with van der Waals surface area (Å²) in [5.41, 5.74) is 6.82. The summed E-state index contributed by atoms with van der Waals surface area (Å²) < 4.78 is 28.4. The molecule has 1 N–H and O–H groups in total. The maximum Gasteiger partial charge on any atom is 0.261 e. The highest BCUT2D eigenvalue weighted by Crippen LogP contribution is 2.36. The molecule has 2 amide bonds. The van der Waals surface area contributed by atoms with Gasteiger partial charge in [-0.25, -0.2) is 4.39 Å². The fourth-order valence-corrected chi connectivity index (χ4v) is 7.62. The van der Waals surface area contributed by atoms with Crippen LogP contribution in [-0.4, -0.2) is 77.3 Å². The van der Waals surface area contributed by atoms with Gasteiger partial charge in [0.05, 0.1) is 32.4 Å². The minimum Gasteiger partial charge on any atom is -0.508 e. The molecule has 1 saturated heterocycles. The van der Waals surface area contributed by atoms with Gasteiger partial charge in [-0.3, -0.25) is 14.5 Å². The van der Waals surface area contributed by atoms with Gasteiger partial charge in [-0.1, -0.05) is 36.4 Å². The summed E-state index contributed by atoms with van der Waals surface area (Å²) in [5, 5.41) is 10.1. The van der Waals surface area contributed by atoms with E-state index in [4.69, 9.17) is 9.47 Å². The molecular formula is C43H45FN4O5. The third kappa shape index (κ3) is 7.29. The number of hydrogen-bond acceptors (Lipinski definition) is 6. The quantitative estimate of drug-likeness (QED) is 0.179. The Kier molecular flexibility index (Phi) is 10.3. The van der Waals surface area contributed by atoms with Crippen molar-refractivity contribution < 1.29 is 28.6 Å². The van der Waals surface area contributed by atoms with E-state index in [0.29, 0.717) is 72.1 Å². The first-order valence-corrected chi connectivity index (χ1v) is 18.0. The van der Waals surface area contributed by atoms with Crippen LogP contribution in [0.4, 0.5) is 10.1 Å². The maximum absolute atomic E-state index is 15.3. The summed E-state index contributed by atoms with van der Waals surface area (Å²) in [6.07, 6.45) is 2.51. The number of halogens is 1. The smallest absolute Gasteiger partial charge is 0.261 e. The molecule has 5 aromatic rings. The van der Waals surface area contributed by atoms with E-state index in [-0.39, 0.29) is 30.2 Å². The molecule has 1 fully saturated rings. The second kappa shape index (κ2) is 15.3. The van der Waals surface area contributed by atoms with Crippen molar-refractivity contribution in [2.24, 2.45) is 7.05 Å². The maximum atomic E-state index is 15.3. The topological polar surface area (TPSA) is 87.5 Å². The number of amides is 2. The lowest BCUT2D eigenvalue weighted by Gasteiger charge is -2.40. The molecule has 10 heteroatoms. The van der Waals surface area contributed by atoms with Crippen LogP contribution in [0.1, 0.15) is 48.7 Å². The Morgan fingerprint density at radius 2 is 1.68 bits per heavy atom. The second-order valence-corrected chi connectivity index (χ2v) is 13.9. The van der Waals surface area contributed by atoms with Crippen molar-refractivity contribution in [2.75, 3.05) is 44.9 Å². The minimum atomic E-state index is -0.507. The van der Waals surface area contributed by atoms with Crippen LogP contribution in [0.15, 0.2) is 91.1 Å². The lowest BCUT2D eigenvalue weighted by molar-refractivity contribution is 0.0193. The molecule has 2 aliphatic rings. The third-order valence-corrected chi connectivity index (χ3v) is 10.7. The zero-order chi connectivity index (χ0) is 37.2. The van der Waals surface area contributed by atoms with Gasteiger partial charge < -0.3 is 28.9 Å². The Morgan fingerprint density at radius 1 is 0.943 bits per heavy atom. The first-order valence-electron chi connectivity index (χ1n) is 18.0. The lowest BCUT2D eigenvalue weighted by atomic mass is 9.91. The number of ether oxygens (including phenoxy) is 2. The molecule has 4 aromatic carbocycles. The SMILES string of the molecule is COc1cccc(CN(C(=O)c2c(-c3cc(F)ccc3C(=O)N3Cc4ccccc4C[C@H]3CN3CCOCC3)cn(C)c2C)c2ccc(O)cc2)c1C. The highest BCUT2D eigenvalue weighted by atomic mass is 19.1.